The number of amides is 2. The normalized spacial score (nSPS) is 12.3. The van der Waals surface area contributed by atoms with Gasteiger partial charge >= 0.3 is 12.1 Å². The predicted octanol–water partition coefficient (Wildman–Crippen LogP) is 2.31. The van der Waals surface area contributed by atoms with Gasteiger partial charge in [0, 0.05) is 6.20 Å². The maximum Gasteiger partial charge on any atom is 0.411 e. The van der Waals surface area contributed by atoms with Gasteiger partial charge in [-0.05, 0) is 37.1 Å². The summed E-state index contributed by atoms with van der Waals surface area (Å²) in [5.74, 6) is -9.03. The van der Waals surface area contributed by atoms with E-state index in [1.807, 2.05) is 0 Å². The van der Waals surface area contributed by atoms with E-state index < -0.39 is 77.6 Å². The van der Waals surface area contributed by atoms with Gasteiger partial charge in [0.15, 0.2) is 23.2 Å². The number of methoxy groups -OCH3 is 1. The Morgan fingerprint density at radius 3 is 2.43 bits per heavy atom. The third-order valence-corrected chi connectivity index (χ3v) is 5.16. The number of aromatic nitrogens is 1. The number of carbonyl (C=O) groups excluding carboxylic acids is 3. The van der Waals surface area contributed by atoms with E-state index in [4.69, 9.17) is 4.74 Å². The highest BCUT2D eigenvalue weighted by Crippen LogP contribution is 2.27. The minimum atomic E-state index is -1.72. The zero-order chi connectivity index (χ0) is 27.9. The predicted molar refractivity (Wildman–Crippen MR) is 122 cm³/mol. The molecular weight excluding hydrogens is 503 g/mol. The zero-order valence-electron chi connectivity index (χ0n) is 20.0. The van der Waals surface area contributed by atoms with Gasteiger partial charge in [-0.15, -0.1) is 0 Å². The summed E-state index contributed by atoms with van der Waals surface area (Å²) in [6.45, 7) is 1.58. The van der Waals surface area contributed by atoms with Crippen LogP contribution >= 0.6 is 0 Å². The lowest BCUT2D eigenvalue weighted by atomic mass is 10.1. The number of nitrogens with zero attached hydrogens (tertiary/aromatic N) is 1. The summed E-state index contributed by atoms with van der Waals surface area (Å²) in [5.41, 5.74) is -1.29. The molecule has 0 saturated carbocycles. The topological polar surface area (TPSA) is 153 Å². The molecule has 0 aliphatic heterocycles. The number of hydrogen-bond acceptors (Lipinski definition) is 7. The molecule has 1 aromatic carbocycles. The monoisotopic (exact) mass is 527 g/mol. The number of aryl methyl sites for hydroxylation is 1. The van der Waals surface area contributed by atoms with Crippen LogP contribution in [0.4, 0.5) is 23.7 Å². The van der Waals surface area contributed by atoms with Crippen molar-refractivity contribution in [2.24, 2.45) is 0 Å². The van der Waals surface area contributed by atoms with Crippen molar-refractivity contribution in [1.29, 1.82) is 0 Å². The number of hydrogen-bond donors (Lipinski definition) is 3. The first kappa shape index (κ1) is 28.9. The van der Waals surface area contributed by atoms with Crippen LogP contribution in [0, 0.1) is 24.4 Å². The van der Waals surface area contributed by atoms with E-state index in [9.17, 15) is 42.3 Å². The molecule has 0 spiro atoms. The first-order valence-corrected chi connectivity index (χ1v) is 10.8. The Bertz CT molecular complexity index is 1240. The fourth-order valence-electron chi connectivity index (χ4n) is 3.28. The van der Waals surface area contributed by atoms with Crippen LogP contribution in [0.3, 0.4) is 0 Å². The van der Waals surface area contributed by atoms with Crippen molar-refractivity contribution in [2.45, 2.75) is 38.8 Å². The maximum atomic E-state index is 14.2. The second kappa shape index (κ2) is 12.6. The van der Waals surface area contributed by atoms with Crippen molar-refractivity contribution >= 4 is 29.4 Å². The van der Waals surface area contributed by atoms with Crippen LogP contribution in [0.1, 0.15) is 31.4 Å². The summed E-state index contributed by atoms with van der Waals surface area (Å²) >= 11 is 0. The van der Waals surface area contributed by atoms with Gasteiger partial charge in [0.05, 0.1) is 13.5 Å². The molecule has 1 heterocycles. The van der Waals surface area contributed by atoms with Crippen molar-refractivity contribution in [3.63, 3.8) is 0 Å². The first-order valence-electron chi connectivity index (χ1n) is 10.8. The van der Waals surface area contributed by atoms with Crippen LogP contribution in [0.2, 0.25) is 0 Å². The van der Waals surface area contributed by atoms with Gasteiger partial charge in [0.2, 0.25) is 11.7 Å². The molecule has 0 fully saturated rings. The third-order valence-electron chi connectivity index (χ3n) is 5.16. The summed E-state index contributed by atoms with van der Waals surface area (Å²) in [7, 11) is 1.08. The summed E-state index contributed by atoms with van der Waals surface area (Å²) < 4.78 is 51.9. The number of carboxylic acid groups (broad SMARTS) is 1. The Kier molecular flexibility index (Phi) is 9.80. The third kappa shape index (κ3) is 7.08. The fraction of sp³-hybridized carbons (Fsp3) is 0.348. The van der Waals surface area contributed by atoms with E-state index in [0.29, 0.717) is 6.07 Å². The van der Waals surface area contributed by atoms with E-state index in [1.54, 1.807) is 0 Å². The Morgan fingerprint density at radius 1 is 1.16 bits per heavy atom. The molecule has 3 N–H and O–H groups in total. The van der Waals surface area contributed by atoms with Crippen molar-refractivity contribution in [1.82, 2.24) is 9.88 Å². The zero-order valence-corrected chi connectivity index (χ0v) is 20.0. The highest BCUT2D eigenvalue weighted by molar-refractivity contribution is 5.93. The second-order valence-corrected chi connectivity index (χ2v) is 7.72. The molecule has 0 radical (unpaired) electrons. The molecule has 0 unspecified atom stereocenters. The molecule has 200 valence electrons. The second-order valence-electron chi connectivity index (χ2n) is 7.72. The summed E-state index contributed by atoms with van der Waals surface area (Å²) in [4.78, 5) is 61.0. The molecule has 0 aliphatic rings. The van der Waals surface area contributed by atoms with Crippen LogP contribution in [0.5, 0.6) is 5.75 Å². The largest absolute Gasteiger partial charge is 0.481 e. The standard InChI is InChI=1S/C23H24F3N3O8/c1-4-15(29-7-5-6-13(22(29)34)28-23(35)36-3)21(33)27-14(9-17(31)32)16(30)10-37-20-18(25)11(2)8-12(24)19(20)26/h5-8,14-15H,4,9-10H2,1-3H3,(H,27,33)(H,28,35)(H,31,32)/t14-,15-/m0/s1. The van der Waals surface area contributed by atoms with Gasteiger partial charge in [-0.3, -0.25) is 24.5 Å². The Hall–Kier alpha value is -4.36. The molecular formula is C23H24F3N3O8. The van der Waals surface area contributed by atoms with Gasteiger partial charge in [0.1, 0.15) is 24.4 Å². The van der Waals surface area contributed by atoms with Gasteiger partial charge in [0.25, 0.3) is 5.56 Å². The SMILES string of the molecule is CC[C@@H](C(=O)N[C@@H](CC(=O)O)C(=O)COc1c(F)c(C)cc(F)c1F)n1cccc(NC(=O)OC)c1=O. The number of Topliss-reactive ketones (excluding diaryl/α,β-unsaturated/α-hetero) is 1. The number of benzene rings is 1. The van der Waals surface area contributed by atoms with Gasteiger partial charge in [-0.1, -0.05) is 6.92 Å². The lowest BCUT2D eigenvalue weighted by Gasteiger charge is -2.22. The average molecular weight is 527 g/mol. The van der Waals surface area contributed by atoms with Crippen molar-refractivity contribution in [3.05, 3.63) is 57.8 Å². The summed E-state index contributed by atoms with van der Waals surface area (Å²) in [6, 6.07) is 0.265. The van der Waals surface area contributed by atoms with Gasteiger partial charge in [-0.25, -0.2) is 13.6 Å². The molecule has 14 heteroatoms. The maximum absolute atomic E-state index is 14.2. The van der Waals surface area contributed by atoms with E-state index in [-0.39, 0.29) is 17.7 Å². The lowest BCUT2D eigenvalue weighted by molar-refractivity contribution is -0.140. The minimum Gasteiger partial charge on any atom is -0.481 e. The number of anilines is 1. The minimum absolute atomic E-state index is 0.0108. The number of ether oxygens (including phenoxy) is 2. The molecule has 0 aliphatic carbocycles. The van der Waals surface area contributed by atoms with Crippen LogP contribution < -0.4 is 20.9 Å². The first-order chi connectivity index (χ1) is 17.4. The fourth-order valence-corrected chi connectivity index (χ4v) is 3.28. The summed E-state index contributed by atoms with van der Waals surface area (Å²) in [5, 5.41) is 13.6. The molecule has 0 bridgehead atoms. The smallest absolute Gasteiger partial charge is 0.411 e. The Balaban J connectivity index is 2.26. The number of nitrogens with one attached hydrogen (secondary N) is 2. The quantitative estimate of drug-likeness (QED) is 0.377. The Morgan fingerprint density at radius 2 is 1.84 bits per heavy atom. The number of halogens is 3. The van der Waals surface area contributed by atoms with Crippen LogP contribution in [0.15, 0.2) is 29.2 Å². The molecule has 2 atom stereocenters. The van der Waals surface area contributed by atoms with Crippen molar-refractivity contribution < 1.29 is 46.9 Å². The van der Waals surface area contributed by atoms with Gasteiger partial charge in [-0.2, -0.15) is 4.39 Å². The average Bonchev–Trinajstić information content (AvgIpc) is 2.84. The molecule has 2 amide bonds. The molecule has 0 saturated heterocycles. The lowest BCUT2D eigenvalue weighted by Crippen LogP contribution is -2.48. The highest BCUT2D eigenvalue weighted by atomic mass is 19.2. The van der Waals surface area contributed by atoms with E-state index in [0.717, 1.165) is 18.6 Å². The molecule has 1 aromatic heterocycles. The Labute approximate surface area is 208 Å². The van der Waals surface area contributed by atoms with Crippen LogP contribution in [-0.4, -0.2) is 53.2 Å². The number of carboxylic acids is 1. The van der Waals surface area contributed by atoms with Crippen LogP contribution in [0.25, 0.3) is 0 Å². The number of rotatable bonds is 11. The van der Waals surface area contributed by atoms with Crippen LogP contribution in [-0.2, 0) is 19.1 Å². The molecule has 11 nitrogen and oxygen atoms in total. The number of ketones is 1. The number of pyridine rings is 1. The van der Waals surface area contributed by atoms with Crippen molar-refractivity contribution in [3.8, 4) is 5.75 Å². The van der Waals surface area contributed by atoms with E-state index >= 15 is 0 Å². The van der Waals surface area contributed by atoms with Crippen molar-refractivity contribution in [2.75, 3.05) is 19.0 Å². The summed E-state index contributed by atoms with van der Waals surface area (Å²) in [6.07, 6.45) is -0.596. The van der Waals surface area contributed by atoms with E-state index in [2.05, 4.69) is 15.4 Å². The highest BCUT2D eigenvalue weighted by Gasteiger charge is 2.29. The molecule has 2 rings (SSSR count). The number of carbonyl (C=O) groups is 4. The van der Waals surface area contributed by atoms with Gasteiger partial charge < -0.3 is 24.5 Å². The number of aliphatic carboxylic acids is 1. The van der Waals surface area contributed by atoms with E-state index in [1.165, 1.54) is 25.3 Å². The molecule has 2 aromatic rings. The molecule has 37 heavy (non-hydrogen) atoms.